The van der Waals surface area contributed by atoms with Crippen LogP contribution in [0.5, 0.6) is 0 Å². The van der Waals surface area contributed by atoms with Crippen LogP contribution in [0.15, 0.2) is 36.7 Å². The maximum absolute atomic E-state index is 11.9. The zero-order chi connectivity index (χ0) is 14.4. The molecule has 1 N–H and O–H groups in total. The highest BCUT2D eigenvalue weighted by Crippen LogP contribution is 2.14. The molecule has 2 aromatic rings. The first-order valence-electron chi connectivity index (χ1n) is 7.05. The topological polar surface area (TPSA) is 45.2 Å². The molecule has 1 aromatic carbocycles. The molecule has 0 aliphatic heterocycles. The van der Waals surface area contributed by atoms with Gasteiger partial charge in [0, 0.05) is 37.4 Å². The van der Waals surface area contributed by atoms with Crippen LogP contribution in [0.2, 0.25) is 0 Å². The maximum atomic E-state index is 11.9. The van der Waals surface area contributed by atoms with Crippen molar-refractivity contribution in [1.29, 1.82) is 0 Å². The molecule has 1 amide bonds. The fourth-order valence-corrected chi connectivity index (χ4v) is 2.24. The number of fused-ring (bicyclic) bond motifs is 1. The molecule has 0 atom stereocenters. The van der Waals surface area contributed by atoms with E-state index in [2.05, 4.69) is 28.5 Å². The van der Waals surface area contributed by atoms with Crippen LogP contribution in [0.3, 0.4) is 0 Å². The van der Waals surface area contributed by atoms with E-state index in [1.807, 2.05) is 31.0 Å². The largest absolute Gasteiger partial charge is 0.342 e. The zero-order valence-corrected chi connectivity index (χ0v) is 12.1. The van der Waals surface area contributed by atoms with Crippen LogP contribution in [0, 0.1) is 0 Å². The smallest absolute Gasteiger partial charge is 0.236 e. The number of hydrogen-bond donors (Lipinski definition) is 1. The highest BCUT2D eigenvalue weighted by molar-refractivity contribution is 5.82. The van der Waals surface area contributed by atoms with Crippen molar-refractivity contribution >= 4 is 16.7 Å². The zero-order valence-electron chi connectivity index (χ0n) is 12.1. The van der Waals surface area contributed by atoms with Crippen molar-refractivity contribution in [3.8, 4) is 0 Å². The lowest BCUT2D eigenvalue weighted by molar-refractivity contribution is -0.129. The van der Waals surface area contributed by atoms with Crippen LogP contribution in [0.1, 0.15) is 19.4 Å². The SMILES string of the molecule is CCN(CC)C(=O)CNCc1ccc2cnccc2c1. The van der Waals surface area contributed by atoms with Crippen LogP contribution in [0.25, 0.3) is 10.8 Å². The molecule has 2 rings (SSSR count). The molecule has 0 radical (unpaired) electrons. The average molecular weight is 271 g/mol. The second-order valence-electron chi connectivity index (χ2n) is 4.73. The summed E-state index contributed by atoms with van der Waals surface area (Å²) in [5.41, 5.74) is 1.18. The number of nitrogens with one attached hydrogen (secondary N) is 1. The number of nitrogens with zero attached hydrogens (tertiary/aromatic N) is 2. The minimum atomic E-state index is 0.153. The molecular weight excluding hydrogens is 250 g/mol. The third kappa shape index (κ3) is 3.54. The molecule has 20 heavy (non-hydrogen) atoms. The Hall–Kier alpha value is -1.94. The van der Waals surface area contributed by atoms with Crippen molar-refractivity contribution in [2.45, 2.75) is 20.4 Å². The van der Waals surface area contributed by atoms with Crippen molar-refractivity contribution in [2.24, 2.45) is 0 Å². The summed E-state index contributed by atoms with van der Waals surface area (Å²) < 4.78 is 0. The number of hydrogen-bond acceptors (Lipinski definition) is 3. The van der Waals surface area contributed by atoms with E-state index in [9.17, 15) is 4.79 Å². The maximum Gasteiger partial charge on any atom is 0.236 e. The molecule has 0 saturated carbocycles. The van der Waals surface area contributed by atoms with Crippen molar-refractivity contribution in [3.63, 3.8) is 0 Å². The summed E-state index contributed by atoms with van der Waals surface area (Å²) in [6, 6.07) is 8.26. The molecule has 4 heteroatoms. The number of pyridine rings is 1. The number of amides is 1. The monoisotopic (exact) mass is 271 g/mol. The number of aromatic nitrogens is 1. The lowest BCUT2D eigenvalue weighted by Crippen LogP contribution is -2.37. The number of carbonyl (C=O) groups is 1. The van der Waals surface area contributed by atoms with Gasteiger partial charge in [0.2, 0.25) is 5.91 Å². The Morgan fingerprint density at radius 1 is 1.20 bits per heavy atom. The summed E-state index contributed by atoms with van der Waals surface area (Å²) in [5, 5.41) is 5.52. The third-order valence-corrected chi connectivity index (χ3v) is 3.43. The van der Waals surface area contributed by atoms with E-state index in [-0.39, 0.29) is 5.91 Å². The normalized spacial score (nSPS) is 10.7. The summed E-state index contributed by atoms with van der Waals surface area (Å²) in [6.07, 6.45) is 3.65. The van der Waals surface area contributed by atoms with Gasteiger partial charge in [0.1, 0.15) is 0 Å². The molecule has 1 heterocycles. The van der Waals surface area contributed by atoms with Gasteiger partial charge in [0.15, 0.2) is 0 Å². The molecule has 4 nitrogen and oxygen atoms in total. The fourth-order valence-electron chi connectivity index (χ4n) is 2.24. The summed E-state index contributed by atoms with van der Waals surface area (Å²) in [7, 11) is 0. The quantitative estimate of drug-likeness (QED) is 0.876. The lowest BCUT2D eigenvalue weighted by atomic mass is 10.1. The van der Waals surface area contributed by atoms with Crippen LogP contribution in [-0.4, -0.2) is 35.4 Å². The van der Waals surface area contributed by atoms with E-state index in [4.69, 9.17) is 0 Å². The molecular formula is C16H21N3O. The lowest BCUT2D eigenvalue weighted by Gasteiger charge is -2.18. The summed E-state index contributed by atoms with van der Waals surface area (Å²) in [4.78, 5) is 17.8. The molecule has 0 bridgehead atoms. The van der Waals surface area contributed by atoms with Crippen molar-refractivity contribution < 1.29 is 4.79 Å². The number of rotatable bonds is 6. The van der Waals surface area contributed by atoms with E-state index < -0.39 is 0 Å². The molecule has 0 unspecified atom stereocenters. The van der Waals surface area contributed by atoms with Gasteiger partial charge < -0.3 is 10.2 Å². The van der Waals surface area contributed by atoms with Crippen LogP contribution in [-0.2, 0) is 11.3 Å². The third-order valence-electron chi connectivity index (χ3n) is 3.43. The Morgan fingerprint density at radius 2 is 2.00 bits per heavy atom. The van der Waals surface area contributed by atoms with Gasteiger partial charge in [0.25, 0.3) is 0 Å². The van der Waals surface area contributed by atoms with Gasteiger partial charge in [-0.1, -0.05) is 12.1 Å². The standard InChI is InChI=1S/C16H21N3O/c1-3-19(4-2)16(20)12-18-10-13-5-6-15-11-17-8-7-14(15)9-13/h5-9,11,18H,3-4,10,12H2,1-2H3. The highest BCUT2D eigenvalue weighted by atomic mass is 16.2. The Labute approximate surface area is 119 Å². The Bertz CT molecular complexity index is 579. The Morgan fingerprint density at radius 3 is 2.75 bits per heavy atom. The Balaban J connectivity index is 1.91. The van der Waals surface area contributed by atoms with Gasteiger partial charge in [-0.05, 0) is 36.9 Å². The second-order valence-corrected chi connectivity index (χ2v) is 4.73. The van der Waals surface area contributed by atoms with Gasteiger partial charge in [-0.2, -0.15) is 0 Å². The number of carbonyl (C=O) groups excluding carboxylic acids is 1. The highest BCUT2D eigenvalue weighted by Gasteiger charge is 2.08. The predicted octanol–water partition coefficient (Wildman–Crippen LogP) is 2.19. The van der Waals surface area contributed by atoms with E-state index in [1.165, 1.54) is 10.9 Å². The molecule has 0 aliphatic rings. The van der Waals surface area contributed by atoms with E-state index >= 15 is 0 Å². The van der Waals surface area contributed by atoms with E-state index in [0.29, 0.717) is 13.1 Å². The van der Waals surface area contributed by atoms with Gasteiger partial charge in [-0.3, -0.25) is 9.78 Å². The van der Waals surface area contributed by atoms with Crippen molar-refractivity contribution in [3.05, 3.63) is 42.2 Å². The van der Waals surface area contributed by atoms with Crippen molar-refractivity contribution in [1.82, 2.24) is 15.2 Å². The first-order chi connectivity index (χ1) is 9.74. The van der Waals surface area contributed by atoms with E-state index in [0.717, 1.165) is 18.5 Å². The fraction of sp³-hybridized carbons (Fsp3) is 0.375. The molecule has 106 valence electrons. The Kier molecular flexibility index (Phi) is 5.07. The minimum Gasteiger partial charge on any atom is -0.342 e. The molecule has 0 spiro atoms. The molecule has 0 saturated heterocycles. The van der Waals surface area contributed by atoms with Gasteiger partial charge in [-0.25, -0.2) is 0 Å². The van der Waals surface area contributed by atoms with Gasteiger partial charge in [0.05, 0.1) is 6.54 Å². The minimum absolute atomic E-state index is 0.153. The van der Waals surface area contributed by atoms with Crippen molar-refractivity contribution in [2.75, 3.05) is 19.6 Å². The first kappa shape index (κ1) is 14.5. The summed E-state index contributed by atoms with van der Waals surface area (Å²) >= 11 is 0. The number of benzene rings is 1. The second kappa shape index (κ2) is 7.01. The molecule has 0 aliphatic carbocycles. The molecule has 1 aromatic heterocycles. The van der Waals surface area contributed by atoms with Crippen LogP contribution in [0.4, 0.5) is 0 Å². The number of likely N-dealkylation sites (N-methyl/N-ethyl adjacent to an activating group) is 1. The van der Waals surface area contributed by atoms with Gasteiger partial charge >= 0.3 is 0 Å². The first-order valence-corrected chi connectivity index (χ1v) is 7.05. The van der Waals surface area contributed by atoms with Crippen LogP contribution < -0.4 is 5.32 Å². The predicted molar refractivity (Wildman–Crippen MR) is 81.4 cm³/mol. The van der Waals surface area contributed by atoms with Gasteiger partial charge in [-0.15, -0.1) is 0 Å². The summed E-state index contributed by atoms with van der Waals surface area (Å²) in [6.45, 7) is 6.61. The summed E-state index contributed by atoms with van der Waals surface area (Å²) in [5.74, 6) is 0.153. The molecule has 0 fully saturated rings. The average Bonchev–Trinajstić information content (AvgIpc) is 2.48. The van der Waals surface area contributed by atoms with E-state index in [1.54, 1.807) is 6.20 Å². The van der Waals surface area contributed by atoms with Crippen LogP contribution >= 0.6 is 0 Å².